The van der Waals surface area contributed by atoms with Gasteiger partial charge in [0.15, 0.2) is 0 Å². The normalized spacial score (nSPS) is 17.5. The summed E-state index contributed by atoms with van der Waals surface area (Å²) in [5.74, 6) is 0.117. The first kappa shape index (κ1) is 26.6. The molecule has 1 heterocycles. The molecule has 0 amide bonds. The van der Waals surface area contributed by atoms with Crippen LogP contribution in [-0.2, 0) is 32.4 Å². The molecule has 1 unspecified atom stereocenters. The van der Waals surface area contributed by atoms with Gasteiger partial charge >= 0.3 is 204 Å². The SMILES string of the molecule is CCC[CH2][Sn]([CH2]CCC)([CH2]CCC)[O]C(=O)CN1CCC[CH]([Hg][c]2ccccc2)C1. The fraction of sp³-hybridized carbons (Fsp3) is 0.720. The van der Waals surface area contributed by atoms with Gasteiger partial charge in [-0.15, -0.1) is 0 Å². The number of carbonyl (C=O) groups excluding carboxylic acids is 1. The van der Waals surface area contributed by atoms with Gasteiger partial charge in [0.2, 0.25) is 0 Å². The van der Waals surface area contributed by atoms with Gasteiger partial charge in [0.05, 0.1) is 0 Å². The summed E-state index contributed by atoms with van der Waals surface area (Å²) in [5.41, 5.74) is 0. The Bertz CT molecular complexity index is 576. The van der Waals surface area contributed by atoms with Gasteiger partial charge in [-0.25, -0.2) is 0 Å². The molecule has 0 bridgehead atoms. The second-order valence-electron chi connectivity index (χ2n) is 9.40. The molecule has 0 aliphatic carbocycles. The summed E-state index contributed by atoms with van der Waals surface area (Å²) >= 11 is -3.94. The van der Waals surface area contributed by atoms with E-state index in [1.54, 1.807) is 3.07 Å². The molecule has 166 valence electrons. The Morgan fingerprint density at radius 3 is 2.20 bits per heavy atom. The van der Waals surface area contributed by atoms with Gasteiger partial charge < -0.3 is 0 Å². The molecule has 1 saturated heterocycles. The predicted molar refractivity (Wildman–Crippen MR) is 126 cm³/mol. The quantitative estimate of drug-likeness (QED) is 0.217. The zero-order chi connectivity index (χ0) is 21.7. The number of likely N-dealkylation sites (tertiary alicyclic amines) is 1. The first-order valence-corrected chi connectivity index (χ1v) is 25.7. The molecule has 1 aliphatic rings. The van der Waals surface area contributed by atoms with Gasteiger partial charge in [-0.1, -0.05) is 0 Å². The molecule has 0 spiro atoms. The maximum atomic E-state index is 13.1. The number of carbonyl (C=O) groups is 1. The number of nitrogens with zero attached hydrogens (tertiary/aromatic N) is 1. The zero-order valence-corrected chi connectivity index (χ0v) is 28.2. The van der Waals surface area contributed by atoms with Crippen molar-refractivity contribution in [2.45, 2.75) is 88.9 Å². The minimum atomic E-state index is -2.83. The van der Waals surface area contributed by atoms with Gasteiger partial charge in [0.25, 0.3) is 0 Å². The number of rotatable bonds is 14. The van der Waals surface area contributed by atoms with E-state index in [4.69, 9.17) is 3.07 Å². The van der Waals surface area contributed by atoms with Crippen molar-refractivity contribution < 1.29 is 32.4 Å². The van der Waals surface area contributed by atoms with Crippen molar-refractivity contribution in [1.29, 1.82) is 0 Å². The summed E-state index contributed by atoms with van der Waals surface area (Å²) < 4.78 is 12.8. The molecule has 0 radical (unpaired) electrons. The molecular weight excluding hydrogens is 666 g/mol. The Hall–Kier alpha value is 0.384. The van der Waals surface area contributed by atoms with E-state index in [1.807, 2.05) is 0 Å². The van der Waals surface area contributed by atoms with Crippen molar-refractivity contribution in [3.63, 3.8) is 0 Å². The van der Waals surface area contributed by atoms with E-state index >= 15 is 0 Å². The molecule has 1 aromatic carbocycles. The van der Waals surface area contributed by atoms with E-state index < -0.39 is 43.4 Å². The summed E-state index contributed by atoms with van der Waals surface area (Å²) in [6.07, 6.45) is 10.0. The monoisotopic (exact) mass is 711 g/mol. The third kappa shape index (κ3) is 9.89. The van der Waals surface area contributed by atoms with Gasteiger partial charge in [0.1, 0.15) is 0 Å². The van der Waals surface area contributed by atoms with Crippen LogP contribution in [0.1, 0.15) is 72.1 Å². The molecule has 1 aromatic rings. The van der Waals surface area contributed by atoms with Crippen LogP contribution in [0.5, 0.6) is 0 Å². The standard InChI is InChI=1S/C7H12NO2.C6H5.3C4H9.Hg.Sn/c9-7(10)6-8-4-2-1-3-5-8;1-2-4-6-5-3-1;3*1-3-4-2;;/h2H,1,3-6H2,(H,9,10);1-5H;3*1,3-4H2,2H3;;/q;;;;;;+1/p-1. The van der Waals surface area contributed by atoms with Crippen LogP contribution in [0.25, 0.3) is 0 Å². The van der Waals surface area contributed by atoms with Crippen LogP contribution in [-0.4, -0.2) is 49.3 Å². The van der Waals surface area contributed by atoms with E-state index in [1.165, 1.54) is 64.7 Å². The molecule has 0 N–H and O–H groups in total. The van der Waals surface area contributed by atoms with E-state index in [9.17, 15) is 4.79 Å². The second kappa shape index (κ2) is 15.3. The minimum absolute atomic E-state index is 0.117. The number of hydrogen-bond acceptors (Lipinski definition) is 3. The van der Waals surface area contributed by atoms with Crippen molar-refractivity contribution in [3.05, 3.63) is 30.3 Å². The van der Waals surface area contributed by atoms with Crippen LogP contribution in [0.3, 0.4) is 0 Å². The molecule has 5 heteroatoms. The first-order valence-electron chi connectivity index (χ1n) is 12.6. The van der Waals surface area contributed by atoms with E-state index in [-0.39, 0.29) is 5.97 Å². The molecule has 3 nitrogen and oxygen atoms in total. The van der Waals surface area contributed by atoms with Crippen molar-refractivity contribution in [2.24, 2.45) is 0 Å². The maximum absolute atomic E-state index is 13.1. The van der Waals surface area contributed by atoms with Gasteiger partial charge in [-0.3, -0.25) is 0 Å². The average Bonchev–Trinajstić information content (AvgIpc) is 2.75. The summed E-state index contributed by atoms with van der Waals surface area (Å²) in [7, 11) is 0. The van der Waals surface area contributed by atoms with Gasteiger partial charge in [0, 0.05) is 0 Å². The Morgan fingerprint density at radius 1 is 1.03 bits per heavy atom. The number of hydrogen-bond donors (Lipinski definition) is 0. The fourth-order valence-electron chi connectivity index (χ4n) is 4.89. The van der Waals surface area contributed by atoms with Crippen LogP contribution in [0.2, 0.25) is 16.7 Å². The van der Waals surface area contributed by atoms with Crippen LogP contribution < -0.4 is 3.07 Å². The Labute approximate surface area is 202 Å². The second-order valence-corrected chi connectivity index (χ2v) is 30.3. The Morgan fingerprint density at radius 2 is 1.63 bits per heavy atom. The van der Waals surface area contributed by atoms with E-state index in [0.717, 1.165) is 16.5 Å². The Balaban J connectivity index is 1.93. The molecule has 1 aliphatic heterocycles. The third-order valence-electron chi connectivity index (χ3n) is 6.61. The number of unbranched alkanes of at least 4 members (excludes halogenated alkanes) is 3. The summed E-state index contributed by atoms with van der Waals surface area (Å²) in [6.45, 7) is 9.56. The van der Waals surface area contributed by atoms with Gasteiger partial charge in [-0.2, -0.15) is 0 Å². The fourth-order valence-corrected chi connectivity index (χ4v) is 26.6. The van der Waals surface area contributed by atoms with Crippen LogP contribution in [0, 0.1) is 0 Å². The molecule has 1 atom stereocenters. The molecule has 30 heavy (non-hydrogen) atoms. The van der Waals surface area contributed by atoms with Crippen molar-refractivity contribution in [2.75, 3.05) is 19.6 Å². The molecule has 2 rings (SSSR count). The summed E-state index contributed by atoms with van der Waals surface area (Å²) in [6, 6.07) is 11.1. The predicted octanol–water partition coefficient (Wildman–Crippen LogP) is 6.17. The van der Waals surface area contributed by atoms with E-state index in [2.05, 4.69) is 56.0 Å². The molecule has 1 fully saturated rings. The average molecular weight is 709 g/mol. The number of benzene rings is 1. The van der Waals surface area contributed by atoms with Crippen LogP contribution in [0.4, 0.5) is 0 Å². The van der Waals surface area contributed by atoms with Crippen molar-refractivity contribution in [3.8, 4) is 0 Å². The zero-order valence-electron chi connectivity index (χ0n) is 19.8. The Kier molecular flexibility index (Phi) is 13.5. The summed E-state index contributed by atoms with van der Waals surface area (Å²) in [4.78, 5) is 15.5. The molecule has 0 aromatic heterocycles. The van der Waals surface area contributed by atoms with Crippen molar-refractivity contribution >= 4 is 27.8 Å². The molecule has 0 saturated carbocycles. The van der Waals surface area contributed by atoms with Gasteiger partial charge in [-0.05, 0) is 0 Å². The first-order chi connectivity index (χ1) is 14.6. The topological polar surface area (TPSA) is 29.5 Å². The third-order valence-corrected chi connectivity index (χ3v) is 27.8. The van der Waals surface area contributed by atoms with Crippen molar-refractivity contribution in [1.82, 2.24) is 4.90 Å². The number of piperidine rings is 1. The van der Waals surface area contributed by atoms with E-state index in [0.29, 0.717) is 6.54 Å². The molecular formula is C25H43HgNO2Sn. The van der Waals surface area contributed by atoms with Crippen LogP contribution in [0.15, 0.2) is 30.3 Å². The van der Waals surface area contributed by atoms with Crippen LogP contribution >= 0.6 is 0 Å². The summed E-state index contributed by atoms with van der Waals surface area (Å²) in [5, 5.41) is 0.